The number of phenolic OH excluding ortho intramolecular Hbond substituents is 1. The van der Waals surface area contributed by atoms with Crippen LogP contribution in [0.2, 0.25) is 0 Å². The minimum absolute atomic E-state index is 0.0151. The number of aromatic hydroxyl groups is 1. The fourth-order valence-corrected chi connectivity index (χ4v) is 4.77. The molecule has 0 aliphatic rings. The van der Waals surface area contributed by atoms with Crippen LogP contribution in [-0.2, 0) is 25.5 Å². The molecule has 6 heteroatoms. The Kier molecular flexibility index (Phi) is 5.94. The summed E-state index contributed by atoms with van der Waals surface area (Å²) >= 11 is 0. The van der Waals surface area contributed by atoms with E-state index in [4.69, 9.17) is 0 Å². The molecular weight excluding hydrogens is 352 g/mol. The predicted octanol–water partition coefficient (Wildman–Crippen LogP) is 4.40. The molecule has 1 aromatic carbocycles. The molecule has 0 aromatic heterocycles. The van der Waals surface area contributed by atoms with Gasteiger partial charge >= 0.3 is 5.97 Å². The maximum atomic E-state index is 13.3. The van der Waals surface area contributed by atoms with Crippen molar-refractivity contribution >= 4 is 15.8 Å². The van der Waals surface area contributed by atoms with Crippen molar-refractivity contribution in [3.8, 4) is 5.75 Å². The summed E-state index contributed by atoms with van der Waals surface area (Å²) in [6.07, 6.45) is 0.444. The molecule has 0 amide bonds. The maximum absolute atomic E-state index is 13.3. The van der Waals surface area contributed by atoms with Crippen LogP contribution < -0.4 is 0 Å². The number of phenols is 1. The van der Waals surface area contributed by atoms with Crippen LogP contribution in [0.5, 0.6) is 5.75 Å². The molecule has 26 heavy (non-hydrogen) atoms. The van der Waals surface area contributed by atoms with E-state index in [0.717, 1.165) is 0 Å². The van der Waals surface area contributed by atoms with Gasteiger partial charge in [0.1, 0.15) is 5.75 Å². The molecule has 1 aromatic rings. The van der Waals surface area contributed by atoms with Gasteiger partial charge in [0.05, 0.1) is 4.90 Å². The summed E-state index contributed by atoms with van der Waals surface area (Å²) in [6, 6.07) is 2.85. The molecule has 2 N–H and O–H groups in total. The number of carbonyl (C=O) groups is 1. The van der Waals surface area contributed by atoms with E-state index in [1.54, 1.807) is 6.92 Å². The monoisotopic (exact) mass is 384 g/mol. The normalized spacial score (nSPS) is 15.5. The van der Waals surface area contributed by atoms with Gasteiger partial charge in [0.15, 0.2) is 14.6 Å². The Bertz CT molecular complexity index is 759. The molecule has 148 valence electrons. The van der Waals surface area contributed by atoms with E-state index in [2.05, 4.69) is 0 Å². The molecule has 0 heterocycles. The standard InChI is InChI=1S/C20H32O5S/c1-9-10-20(8,17(22)23)26(24,25)13-11-14(18(2,3)4)16(21)15(12-13)19(5,6)7/h11-12,21H,9-10H2,1-8H3,(H,22,23). The second kappa shape index (κ2) is 6.87. The van der Waals surface area contributed by atoms with Crippen molar-refractivity contribution in [2.75, 3.05) is 0 Å². The van der Waals surface area contributed by atoms with Crippen LogP contribution in [-0.4, -0.2) is 29.3 Å². The van der Waals surface area contributed by atoms with E-state index < -0.39 is 31.4 Å². The summed E-state index contributed by atoms with van der Waals surface area (Å²) in [5.41, 5.74) is -0.0135. The van der Waals surface area contributed by atoms with Crippen LogP contribution in [0, 0.1) is 0 Å². The largest absolute Gasteiger partial charge is 0.507 e. The molecule has 0 spiro atoms. The Hall–Kier alpha value is -1.56. The maximum Gasteiger partial charge on any atom is 0.325 e. The third kappa shape index (κ3) is 3.90. The lowest BCUT2D eigenvalue weighted by Crippen LogP contribution is -2.43. The number of hydrogen-bond acceptors (Lipinski definition) is 4. The van der Waals surface area contributed by atoms with Gasteiger partial charge < -0.3 is 10.2 Å². The van der Waals surface area contributed by atoms with E-state index >= 15 is 0 Å². The highest BCUT2D eigenvalue weighted by atomic mass is 32.2. The number of hydrogen-bond donors (Lipinski definition) is 2. The van der Waals surface area contributed by atoms with E-state index in [0.29, 0.717) is 17.5 Å². The Morgan fingerprint density at radius 3 is 1.62 bits per heavy atom. The molecule has 0 saturated heterocycles. The zero-order valence-electron chi connectivity index (χ0n) is 17.1. The topological polar surface area (TPSA) is 91.7 Å². The summed E-state index contributed by atoms with van der Waals surface area (Å²) in [5, 5.41) is 20.4. The number of aliphatic carboxylic acids is 1. The van der Waals surface area contributed by atoms with Gasteiger partial charge in [0.2, 0.25) is 0 Å². The van der Waals surface area contributed by atoms with Gasteiger partial charge in [-0.1, -0.05) is 54.9 Å². The van der Waals surface area contributed by atoms with Crippen LogP contribution in [0.15, 0.2) is 17.0 Å². The van der Waals surface area contributed by atoms with Crippen LogP contribution in [0.25, 0.3) is 0 Å². The molecule has 0 aliphatic heterocycles. The quantitative estimate of drug-likeness (QED) is 0.785. The van der Waals surface area contributed by atoms with Crippen LogP contribution in [0.4, 0.5) is 0 Å². The van der Waals surface area contributed by atoms with Gasteiger partial charge in [-0.05, 0) is 36.3 Å². The third-order valence-electron chi connectivity index (χ3n) is 4.78. The van der Waals surface area contributed by atoms with Crippen molar-refractivity contribution < 1.29 is 23.4 Å². The van der Waals surface area contributed by atoms with Crippen molar-refractivity contribution in [3.05, 3.63) is 23.3 Å². The van der Waals surface area contributed by atoms with Gasteiger partial charge in [0, 0.05) is 11.1 Å². The molecule has 0 aliphatic carbocycles. The fourth-order valence-electron chi connectivity index (χ4n) is 3.00. The van der Waals surface area contributed by atoms with Crippen LogP contribution >= 0.6 is 0 Å². The first-order valence-electron chi connectivity index (χ1n) is 8.86. The summed E-state index contributed by atoms with van der Waals surface area (Å²) < 4.78 is 24.7. The van der Waals surface area contributed by atoms with Gasteiger partial charge in [-0.25, -0.2) is 8.42 Å². The van der Waals surface area contributed by atoms with Crippen molar-refractivity contribution in [3.63, 3.8) is 0 Å². The smallest absolute Gasteiger partial charge is 0.325 e. The Morgan fingerprint density at radius 1 is 0.962 bits per heavy atom. The van der Waals surface area contributed by atoms with Crippen molar-refractivity contribution in [2.45, 2.75) is 88.7 Å². The third-order valence-corrected chi connectivity index (χ3v) is 7.20. The van der Waals surface area contributed by atoms with E-state index in [-0.39, 0.29) is 17.1 Å². The van der Waals surface area contributed by atoms with E-state index in [9.17, 15) is 23.4 Å². The predicted molar refractivity (Wildman–Crippen MR) is 104 cm³/mol. The lowest BCUT2D eigenvalue weighted by atomic mass is 9.79. The molecule has 0 radical (unpaired) electrons. The van der Waals surface area contributed by atoms with Crippen LogP contribution in [0.1, 0.15) is 79.4 Å². The average molecular weight is 385 g/mol. The molecule has 1 unspecified atom stereocenters. The first-order chi connectivity index (χ1) is 11.5. The zero-order valence-corrected chi connectivity index (χ0v) is 17.9. The number of carboxylic acid groups (broad SMARTS) is 1. The number of rotatable bonds is 5. The van der Waals surface area contributed by atoms with Crippen molar-refractivity contribution in [2.24, 2.45) is 0 Å². The number of carboxylic acids is 1. The number of sulfone groups is 1. The second-order valence-electron chi connectivity index (χ2n) is 9.16. The lowest BCUT2D eigenvalue weighted by Gasteiger charge is -2.30. The van der Waals surface area contributed by atoms with Gasteiger partial charge in [-0.3, -0.25) is 4.79 Å². The molecule has 0 fully saturated rings. The van der Waals surface area contributed by atoms with E-state index in [1.165, 1.54) is 19.1 Å². The van der Waals surface area contributed by atoms with E-state index in [1.807, 2.05) is 41.5 Å². The zero-order chi connectivity index (χ0) is 20.7. The van der Waals surface area contributed by atoms with Crippen molar-refractivity contribution in [1.82, 2.24) is 0 Å². The first kappa shape index (κ1) is 22.5. The molecule has 5 nitrogen and oxygen atoms in total. The van der Waals surface area contributed by atoms with Crippen LogP contribution in [0.3, 0.4) is 0 Å². The Morgan fingerprint density at radius 2 is 1.35 bits per heavy atom. The summed E-state index contributed by atoms with van der Waals surface area (Å²) in [6.45, 7) is 14.3. The lowest BCUT2D eigenvalue weighted by molar-refractivity contribution is -0.139. The van der Waals surface area contributed by atoms with Gasteiger partial charge in [0.25, 0.3) is 0 Å². The van der Waals surface area contributed by atoms with Crippen molar-refractivity contribution in [1.29, 1.82) is 0 Å². The van der Waals surface area contributed by atoms with Gasteiger partial charge in [-0.2, -0.15) is 0 Å². The summed E-state index contributed by atoms with van der Waals surface area (Å²) in [7, 11) is -4.15. The molecular formula is C20H32O5S. The molecule has 0 bridgehead atoms. The first-order valence-corrected chi connectivity index (χ1v) is 10.3. The SMILES string of the molecule is CCCC(C)(C(=O)O)S(=O)(=O)c1cc(C(C)(C)C)c(O)c(C(C)(C)C)c1. The second-order valence-corrected chi connectivity index (χ2v) is 11.5. The minimum atomic E-state index is -4.15. The average Bonchev–Trinajstić information content (AvgIpc) is 2.44. The highest BCUT2D eigenvalue weighted by Gasteiger charge is 2.47. The number of benzene rings is 1. The Labute approximate surface area is 157 Å². The highest BCUT2D eigenvalue weighted by molar-refractivity contribution is 7.93. The Balaban J connectivity index is 3.91. The minimum Gasteiger partial charge on any atom is -0.507 e. The summed E-state index contributed by atoms with van der Waals surface area (Å²) in [5.74, 6) is -1.29. The molecule has 1 atom stereocenters. The molecule has 1 rings (SSSR count). The summed E-state index contributed by atoms with van der Waals surface area (Å²) in [4.78, 5) is 11.8. The highest BCUT2D eigenvalue weighted by Crippen LogP contribution is 2.42. The molecule has 0 saturated carbocycles. The fraction of sp³-hybridized carbons (Fsp3) is 0.650. The van der Waals surface area contributed by atoms with Gasteiger partial charge in [-0.15, -0.1) is 0 Å².